The minimum absolute atomic E-state index is 0.107. The average molecular weight is 1580 g/mol. The van der Waals surface area contributed by atoms with Crippen LogP contribution < -0.4 is 0 Å². The van der Waals surface area contributed by atoms with E-state index in [0.717, 1.165) is 114 Å². The summed E-state index contributed by atoms with van der Waals surface area (Å²) in [4.78, 5) is 73.3. The Morgan fingerprint density at radius 3 is 0.657 bits per heavy atom. The Bertz CT molecular complexity index is 2080. The van der Waals surface area contributed by atoms with E-state index >= 15 is 0 Å². The Morgan fingerprint density at radius 1 is 0.259 bits per heavy atom. The average Bonchev–Trinajstić information content (AvgIpc) is 0.903. The van der Waals surface area contributed by atoms with Crippen LogP contribution in [0.1, 0.15) is 472 Å². The fraction of sp³-hybridized carbons (Fsp3) is 0.955. The molecule has 0 aliphatic heterocycles. The van der Waals surface area contributed by atoms with Crippen molar-refractivity contribution in [1.29, 1.82) is 0 Å². The van der Waals surface area contributed by atoms with Crippen molar-refractivity contribution < 1.29 is 80.2 Å². The molecule has 0 amide bonds. The Balaban J connectivity index is 5.23. The molecule has 8 atom stereocenters. The second kappa shape index (κ2) is 78.9. The van der Waals surface area contributed by atoms with E-state index < -0.39 is 97.5 Å². The van der Waals surface area contributed by atoms with Gasteiger partial charge in [0.25, 0.3) is 0 Å². The maximum Gasteiger partial charge on any atom is 0.472 e. The molecule has 0 aromatic heterocycles. The van der Waals surface area contributed by atoms with Gasteiger partial charge in [0.2, 0.25) is 0 Å². The lowest BCUT2D eigenvalue weighted by Gasteiger charge is -2.21. The highest BCUT2D eigenvalue weighted by Gasteiger charge is 2.31. The van der Waals surface area contributed by atoms with E-state index in [2.05, 4.69) is 48.5 Å². The summed E-state index contributed by atoms with van der Waals surface area (Å²) in [5, 5.41) is 10.7. The molecule has 5 unspecified atom stereocenters. The third-order valence-corrected chi connectivity index (χ3v) is 23.9. The number of aliphatic hydroxyl groups excluding tert-OH is 1. The van der Waals surface area contributed by atoms with Gasteiger partial charge >= 0.3 is 39.5 Å². The van der Waals surface area contributed by atoms with Gasteiger partial charge in [-0.2, -0.15) is 0 Å². The molecule has 642 valence electrons. The number of hydrogen-bond acceptors (Lipinski definition) is 15. The quantitative estimate of drug-likeness (QED) is 0.0222. The van der Waals surface area contributed by atoms with Crippen molar-refractivity contribution in [3.05, 3.63) is 0 Å². The van der Waals surface area contributed by atoms with Gasteiger partial charge in [0, 0.05) is 25.7 Å². The standard InChI is InChI=1S/C89H174O17P2/c1-8-12-13-14-15-16-17-18-19-20-21-22-23-24-25-26-34-39-44-49-58-65-72-88(93)105-84(76-99-86(91)70-63-56-48-43-38-33-29-27-31-36-41-46-53-60-67-80(5)9-2)78-103-107(95,96)101-74-83(90)75-102-108(97,98)104-79-85(77-100-87(92)71-64-57-52-51-55-62-69-82(7)11-4)106-89(94)73-66-59-50-45-40-35-30-28-32-37-42-47-54-61-68-81(6)10-3/h80-85,90H,8-79H2,1-7H3,(H,95,96)(H,97,98)/t80?,81?,82?,83-,84-,85-/m1/s1. The van der Waals surface area contributed by atoms with Crippen molar-refractivity contribution in [2.45, 2.75) is 491 Å². The van der Waals surface area contributed by atoms with Gasteiger partial charge in [0.15, 0.2) is 12.2 Å². The number of carbonyl (C=O) groups excluding carboxylic acids is 4. The summed E-state index contributed by atoms with van der Waals surface area (Å²) >= 11 is 0. The number of rotatable bonds is 87. The van der Waals surface area contributed by atoms with E-state index in [9.17, 15) is 43.2 Å². The molecule has 0 spiro atoms. The second-order valence-corrected chi connectivity index (χ2v) is 35.6. The van der Waals surface area contributed by atoms with Crippen molar-refractivity contribution in [2.75, 3.05) is 39.6 Å². The molecule has 0 aromatic rings. The normalized spacial score (nSPS) is 14.6. The summed E-state index contributed by atoms with van der Waals surface area (Å²) in [6.07, 6.45) is 70.8. The van der Waals surface area contributed by atoms with Crippen LogP contribution in [0.25, 0.3) is 0 Å². The van der Waals surface area contributed by atoms with Gasteiger partial charge in [-0.15, -0.1) is 0 Å². The summed E-state index contributed by atoms with van der Waals surface area (Å²) in [5.74, 6) is 0.323. The van der Waals surface area contributed by atoms with Crippen molar-refractivity contribution in [3.63, 3.8) is 0 Å². The van der Waals surface area contributed by atoms with Crippen molar-refractivity contribution in [1.82, 2.24) is 0 Å². The van der Waals surface area contributed by atoms with Crippen LogP contribution >= 0.6 is 15.6 Å². The molecule has 0 saturated carbocycles. The van der Waals surface area contributed by atoms with Crippen LogP contribution in [0.3, 0.4) is 0 Å². The Labute approximate surface area is 664 Å². The fourth-order valence-electron chi connectivity index (χ4n) is 13.8. The number of hydrogen-bond donors (Lipinski definition) is 3. The number of carbonyl (C=O) groups is 4. The van der Waals surface area contributed by atoms with Crippen LogP contribution in [0.2, 0.25) is 0 Å². The predicted molar refractivity (Wildman–Crippen MR) is 446 cm³/mol. The van der Waals surface area contributed by atoms with Crippen molar-refractivity contribution in [2.24, 2.45) is 17.8 Å². The van der Waals surface area contributed by atoms with E-state index in [1.807, 2.05) is 0 Å². The van der Waals surface area contributed by atoms with Crippen molar-refractivity contribution >= 4 is 39.5 Å². The van der Waals surface area contributed by atoms with E-state index in [4.69, 9.17) is 37.0 Å². The lowest BCUT2D eigenvalue weighted by Crippen LogP contribution is -2.30. The molecule has 0 bridgehead atoms. The molecular formula is C89H174O17P2. The molecule has 108 heavy (non-hydrogen) atoms. The number of ether oxygens (including phenoxy) is 4. The maximum atomic E-state index is 13.2. The molecule has 3 N–H and O–H groups in total. The lowest BCUT2D eigenvalue weighted by atomic mass is 9.99. The first-order valence-electron chi connectivity index (χ1n) is 46.0. The lowest BCUT2D eigenvalue weighted by molar-refractivity contribution is -0.161. The van der Waals surface area contributed by atoms with Crippen molar-refractivity contribution in [3.8, 4) is 0 Å². The molecule has 0 radical (unpaired) electrons. The third-order valence-electron chi connectivity index (χ3n) is 22.0. The molecule has 19 heteroatoms. The van der Waals surface area contributed by atoms with E-state index in [1.54, 1.807) is 0 Å². The summed E-state index contributed by atoms with van der Waals surface area (Å²) in [6.45, 7) is 12.1. The molecule has 0 heterocycles. The first kappa shape index (κ1) is 106. The van der Waals surface area contributed by atoms with Crippen LogP contribution in [0.5, 0.6) is 0 Å². The fourth-order valence-corrected chi connectivity index (χ4v) is 15.4. The predicted octanol–water partition coefficient (Wildman–Crippen LogP) is 27.3. The third kappa shape index (κ3) is 78.0. The zero-order valence-electron chi connectivity index (χ0n) is 71.3. The Morgan fingerprint density at radius 2 is 0.444 bits per heavy atom. The van der Waals surface area contributed by atoms with E-state index in [-0.39, 0.29) is 25.7 Å². The van der Waals surface area contributed by atoms with Crippen LogP contribution in [-0.2, 0) is 65.4 Å². The highest BCUT2D eigenvalue weighted by molar-refractivity contribution is 7.47. The van der Waals surface area contributed by atoms with Crippen LogP contribution in [-0.4, -0.2) is 96.7 Å². The number of aliphatic hydroxyl groups is 1. The Kier molecular flexibility index (Phi) is 77.5. The maximum absolute atomic E-state index is 13.2. The highest BCUT2D eigenvalue weighted by Crippen LogP contribution is 2.45. The second-order valence-electron chi connectivity index (χ2n) is 32.7. The van der Waals surface area contributed by atoms with Gasteiger partial charge in [0.05, 0.1) is 26.4 Å². The van der Waals surface area contributed by atoms with Crippen LogP contribution in [0, 0.1) is 17.8 Å². The first-order valence-corrected chi connectivity index (χ1v) is 49.0. The molecule has 0 rings (SSSR count). The van der Waals surface area contributed by atoms with Gasteiger partial charge in [-0.1, -0.05) is 421 Å². The molecule has 0 aromatic carbocycles. The first-order chi connectivity index (χ1) is 52.3. The van der Waals surface area contributed by atoms with Gasteiger partial charge in [-0.05, 0) is 43.4 Å². The van der Waals surface area contributed by atoms with E-state index in [1.165, 1.54) is 276 Å². The summed E-state index contributed by atoms with van der Waals surface area (Å²) < 4.78 is 69.0. The topological polar surface area (TPSA) is 237 Å². The number of phosphoric acid groups is 2. The molecule has 0 saturated heterocycles. The number of unbranched alkanes of at least 4 members (excludes halogenated alkanes) is 52. The number of phosphoric ester groups is 2. The molecule has 17 nitrogen and oxygen atoms in total. The van der Waals surface area contributed by atoms with Crippen LogP contribution in [0.4, 0.5) is 0 Å². The highest BCUT2D eigenvalue weighted by atomic mass is 31.2. The number of esters is 4. The molecular weight excluding hydrogens is 1400 g/mol. The van der Waals surface area contributed by atoms with Gasteiger partial charge in [0.1, 0.15) is 19.3 Å². The van der Waals surface area contributed by atoms with Gasteiger partial charge in [-0.3, -0.25) is 37.3 Å². The smallest absolute Gasteiger partial charge is 0.462 e. The van der Waals surface area contributed by atoms with Crippen LogP contribution in [0.15, 0.2) is 0 Å². The summed E-state index contributed by atoms with van der Waals surface area (Å²) in [5.41, 5.74) is 0. The minimum Gasteiger partial charge on any atom is -0.462 e. The van der Waals surface area contributed by atoms with Gasteiger partial charge in [-0.25, -0.2) is 9.13 Å². The largest absolute Gasteiger partial charge is 0.472 e. The zero-order chi connectivity index (χ0) is 79.3. The molecule has 0 fully saturated rings. The van der Waals surface area contributed by atoms with E-state index in [0.29, 0.717) is 25.7 Å². The monoisotopic (exact) mass is 1580 g/mol. The molecule has 0 aliphatic carbocycles. The SMILES string of the molecule is CCCCCCCCCCCCCCCCCCCCCCCCC(=O)O[C@H](COC(=O)CCCCCCCCCCCCCCCCC(C)CC)COP(=O)(O)OC[C@@H](O)COP(=O)(O)OC[C@@H](COC(=O)CCCCCCCCC(C)CC)OC(=O)CCCCCCCCCCCCCCCCC(C)CC. The summed E-state index contributed by atoms with van der Waals surface area (Å²) in [6, 6.07) is 0. The summed E-state index contributed by atoms with van der Waals surface area (Å²) in [7, 11) is -9.93. The Hall–Kier alpha value is -1.94. The minimum atomic E-state index is -4.97. The zero-order valence-corrected chi connectivity index (χ0v) is 73.1. The molecule has 0 aliphatic rings. The van der Waals surface area contributed by atoms with Gasteiger partial charge < -0.3 is 33.8 Å².